The molecule has 1 N–H and O–H groups in total. The van der Waals surface area contributed by atoms with Gasteiger partial charge in [-0.3, -0.25) is 19.1 Å². The minimum Gasteiger partial charge on any atom is -0.480 e. The minimum absolute atomic E-state index is 0.0157. The quantitative estimate of drug-likeness (QED) is 0.422. The first-order valence-corrected chi connectivity index (χ1v) is 9.02. The van der Waals surface area contributed by atoms with E-state index in [-0.39, 0.29) is 17.0 Å². The number of halogens is 3. The second-order valence-electron chi connectivity index (χ2n) is 5.81. The monoisotopic (exact) mass is 426 g/mol. The molecule has 0 aromatic heterocycles. The number of likely N-dealkylation sites (tertiary alicyclic amines) is 1. The highest BCUT2D eigenvalue weighted by atomic mass is 32.2. The fourth-order valence-corrected chi connectivity index (χ4v) is 3.73. The Morgan fingerprint density at radius 1 is 1.21 bits per heavy atom. The highest BCUT2D eigenvalue weighted by Crippen LogP contribution is 2.28. The van der Waals surface area contributed by atoms with E-state index in [9.17, 15) is 41.3 Å². The van der Waals surface area contributed by atoms with Crippen LogP contribution in [-0.4, -0.2) is 60.1 Å². The van der Waals surface area contributed by atoms with E-state index in [1.54, 1.807) is 0 Å². The van der Waals surface area contributed by atoms with Crippen LogP contribution in [0.5, 0.6) is 0 Å². The van der Waals surface area contributed by atoms with Gasteiger partial charge >= 0.3 is 18.1 Å². The number of nitrogens with zero attached hydrogens (tertiary/aromatic N) is 2. The zero-order valence-electron chi connectivity index (χ0n) is 13.8. The maximum absolute atomic E-state index is 12.7. The molecule has 154 valence electrons. The number of rotatable bonds is 5. The fraction of sp³-hybridized carbons (Fsp3) is 0.429. The van der Waals surface area contributed by atoms with Crippen LogP contribution in [-0.2, 0) is 23.9 Å². The van der Waals surface area contributed by atoms with E-state index in [1.165, 1.54) is 0 Å². The third kappa shape index (κ3) is 4.75. The first kappa shape index (κ1) is 21.6. The minimum atomic E-state index is -5.34. The first-order chi connectivity index (χ1) is 12.8. The summed E-state index contributed by atoms with van der Waals surface area (Å²) in [6, 6.07) is 1.80. The molecule has 10 nitrogen and oxygen atoms in total. The van der Waals surface area contributed by atoms with Gasteiger partial charge in [-0.15, -0.1) is 0 Å². The van der Waals surface area contributed by atoms with Crippen LogP contribution in [0.4, 0.5) is 18.9 Å². The summed E-state index contributed by atoms with van der Waals surface area (Å²) in [5.41, 5.74) is -0.386. The van der Waals surface area contributed by atoms with Crippen LogP contribution in [0.1, 0.15) is 12.8 Å². The van der Waals surface area contributed by atoms with E-state index in [2.05, 4.69) is 0 Å². The van der Waals surface area contributed by atoms with Gasteiger partial charge in [0.1, 0.15) is 6.04 Å². The molecule has 0 radical (unpaired) electrons. The molecule has 0 unspecified atom stereocenters. The summed E-state index contributed by atoms with van der Waals surface area (Å²) >= 11 is 0. The van der Waals surface area contributed by atoms with Crippen LogP contribution in [0.15, 0.2) is 29.2 Å². The van der Waals surface area contributed by atoms with Gasteiger partial charge < -0.3 is 10.0 Å². The predicted octanol–water partition coefficient (Wildman–Crippen LogP) is 1.31. The standard InChI is InChI=1S/C14H13F3N2O8S/c15-14(16,17)13(22)18-7-9(3-6-11(18)12(20)21)27-28(25,26)10-4-1-8(2-5-10)19(23)24/h1-2,4-5,9,11H,3,6-7H2,(H,20,21)/t9-,11-/m0/s1. The lowest BCUT2D eigenvalue weighted by atomic mass is 10.00. The van der Waals surface area contributed by atoms with Gasteiger partial charge in [-0.1, -0.05) is 0 Å². The van der Waals surface area contributed by atoms with Crippen molar-refractivity contribution in [3.63, 3.8) is 0 Å². The summed E-state index contributed by atoms with van der Waals surface area (Å²) in [6.07, 6.45) is -7.43. The summed E-state index contributed by atoms with van der Waals surface area (Å²) < 4.78 is 67.4. The molecule has 1 aromatic rings. The second kappa shape index (κ2) is 7.71. The lowest BCUT2D eigenvalue weighted by Gasteiger charge is -2.37. The van der Waals surface area contributed by atoms with Crippen molar-refractivity contribution in [1.82, 2.24) is 4.90 Å². The first-order valence-electron chi connectivity index (χ1n) is 7.61. The molecule has 0 bridgehead atoms. The topological polar surface area (TPSA) is 144 Å². The Morgan fingerprint density at radius 3 is 2.25 bits per heavy atom. The molecule has 2 atom stereocenters. The predicted molar refractivity (Wildman–Crippen MR) is 83.6 cm³/mol. The van der Waals surface area contributed by atoms with E-state index in [4.69, 9.17) is 9.29 Å². The third-order valence-electron chi connectivity index (χ3n) is 3.93. The molecule has 1 fully saturated rings. The summed E-state index contributed by atoms with van der Waals surface area (Å²) in [5, 5.41) is 19.6. The van der Waals surface area contributed by atoms with Crippen LogP contribution in [0.25, 0.3) is 0 Å². The molecule has 0 saturated carbocycles. The molecule has 1 amide bonds. The molecule has 0 aliphatic carbocycles. The van der Waals surface area contributed by atoms with Gasteiger partial charge in [-0.05, 0) is 25.0 Å². The average molecular weight is 426 g/mol. The number of nitro groups is 1. The van der Waals surface area contributed by atoms with Crippen molar-refractivity contribution in [2.24, 2.45) is 0 Å². The number of carboxylic acids is 1. The van der Waals surface area contributed by atoms with Gasteiger partial charge in [0, 0.05) is 18.7 Å². The van der Waals surface area contributed by atoms with Crippen LogP contribution >= 0.6 is 0 Å². The van der Waals surface area contributed by atoms with E-state index in [0.717, 1.165) is 24.3 Å². The van der Waals surface area contributed by atoms with E-state index in [1.807, 2.05) is 0 Å². The Morgan fingerprint density at radius 2 is 1.79 bits per heavy atom. The van der Waals surface area contributed by atoms with Crippen LogP contribution < -0.4 is 0 Å². The number of carbonyl (C=O) groups excluding carboxylic acids is 1. The molecule has 2 rings (SSSR count). The van der Waals surface area contributed by atoms with Gasteiger partial charge in [0.15, 0.2) is 0 Å². The zero-order valence-corrected chi connectivity index (χ0v) is 14.6. The zero-order chi connectivity index (χ0) is 21.3. The number of hydrogen-bond acceptors (Lipinski definition) is 7. The summed E-state index contributed by atoms with van der Waals surface area (Å²) in [4.78, 5) is 32.0. The maximum Gasteiger partial charge on any atom is 0.471 e. The molecule has 1 heterocycles. The number of piperidine rings is 1. The van der Waals surface area contributed by atoms with Gasteiger partial charge in [-0.2, -0.15) is 21.6 Å². The average Bonchev–Trinajstić information content (AvgIpc) is 2.59. The molecule has 1 aliphatic heterocycles. The second-order valence-corrected chi connectivity index (χ2v) is 7.38. The number of amides is 1. The van der Waals surface area contributed by atoms with E-state index < -0.39 is 63.1 Å². The molecule has 14 heteroatoms. The fourth-order valence-electron chi connectivity index (χ4n) is 2.63. The molecular weight excluding hydrogens is 413 g/mol. The Balaban J connectivity index is 2.20. The van der Waals surface area contributed by atoms with Crippen molar-refractivity contribution in [2.45, 2.75) is 36.1 Å². The van der Waals surface area contributed by atoms with Gasteiger partial charge in [0.2, 0.25) is 0 Å². The van der Waals surface area contributed by atoms with Crippen molar-refractivity contribution in [3.8, 4) is 0 Å². The molecular formula is C14H13F3N2O8S. The van der Waals surface area contributed by atoms with Crippen molar-refractivity contribution in [3.05, 3.63) is 34.4 Å². The number of benzene rings is 1. The summed E-state index contributed by atoms with van der Waals surface area (Å²) in [6.45, 7) is -0.901. The van der Waals surface area contributed by atoms with Crippen molar-refractivity contribution in [2.75, 3.05) is 6.54 Å². The summed E-state index contributed by atoms with van der Waals surface area (Å²) in [7, 11) is -4.51. The van der Waals surface area contributed by atoms with Gasteiger partial charge in [0.25, 0.3) is 15.8 Å². The molecule has 0 spiro atoms. The van der Waals surface area contributed by atoms with Crippen molar-refractivity contribution in [1.29, 1.82) is 0 Å². The maximum atomic E-state index is 12.7. The Labute approximate surface area is 155 Å². The number of aliphatic carboxylic acids is 1. The normalized spacial score (nSPS) is 20.6. The molecule has 1 aromatic carbocycles. The molecule has 1 aliphatic rings. The molecule has 1 saturated heterocycles. The highest BCUT2D eigenvalue weighted by molar-refractivity contribution is 7.86. The number of nitro benzene ring substituents is 1. The number of hydrogen-bond donors (Lipinski definition) is 1. The van der Waals surface area contributed by atoms with Crippen LogP contribution in [0.3, 0.4) is 0 Å². The van der Waals surface area contributed by atoms with E-state index >= 15 is 0 Å². The number of carboxylic acid groups (broad SMARTS) is 1. The Kier molecular flexibility index (Phi) is 5.94. The molecule has 28 heavy (non-hydrogen) atoms. The number of alkyl halides is 3. The van der Waals surface area contributed by atoms with Crippen LogP contribution in [0.2, 0.25) is 0 Å². The third-order valence-corrected chi connectivity index (χ3v) is 5.30. The van der Waals surface area contributed by atoms with Crippen LogP contribution in [0, 0.1) is 10.1 Å². The Hall–Kier alpha value is -2.74. The Bertz CT molecular complexity index is 885. The SMILES string of the molecule is O=C(O)[C@@H]1CC[C@H](OS(=O)(=O)c2ccc([N+](=O)[O-])cc2)CN1C(=O)C(F)(F)F. The lowest BCUT2D eigenvalue weighted by Crippen LogP contribution is -2.56. The number of carbonyl (C=O) groups is 2. The highest BCUT2D eigenvalue weighted by Gasteiger charge is 2.48. The van der Waals surface area contributed by atoms with Crippen molar-refractivity contribution >= 4 is 27.7 Å². The van der Waals surface area contributed by atoms with Gasteiger partial charge in [0.05, 0.1) is 15.9 Å². The van der Waals surface area contributed by atoms with E-state index in [0.29, 0.717) is 0 Å². The smallest absolute Gasteiger partial charge is 0.471 e. The van der Waals surface area contributed by atoms with Gasteiger partial charge in [-0.25, -0.2) is 4.79 Å². The summed E-state index contributed by atoms with van der Waals surface area (Å²) in [5.74, 6) is -4.07. The lowest BCUT2D eigenvalue weighted by molar-refractivity contribution is -0.384. The number of non-ortho nitro benzene ring substituents is 1. The largest absolute Gasteiger partial charge is 0.480 e. The van der Waals surface area contributed by atoms with Crippen molar-refractivity contribution < 1.29 is 45.4 Å².